The van der Waals surface area contributed by atoms with Gasteiger partial charge in [-0.25, -0.2) is 4.68 Å². The monoisotopic (exact) mass is 314 g/mol. The predicted molar refractivity (Wildman–Crippen MR) is 71.2 cm³/mol. The summed E-state index contributed by atoms with van der Waals surface area (Å²) in [4.78, 5) is 0. The lowest BCUT2D eigenvalue weighted by Gasteiger charge is -2.08. The summed E-state index contributed by atoms with van der Waals surface area (Å²) in [5.41, 5.74) is 4.24. The molecule has 0 aliphatic rings. The molecule has 1 aromatic heterocycles. The van der Waals surface area contributed by atoms with Crippen molar-refractivity contribution >= 4 is 28.1 Å². The van der Waals surface area contributed by atoms with Gasteiger partial charge in [0.25, 0.3) is 0 Å². The van der Waals surface area contributed by atoms with Crippen LogP contribution in [0.5, 0.6) is 5.75 Å². The molecule has 0 atom stereocenters. The van der Waals surface area contributed by atoms with Gasteiger partial charge in [0.2, 0.25) is 4.77 Å². The first kappa shape index (κ1) is 12.1. The molecule has 1 heterocycles. The molecule has 0 aliphatic carbocycles. The maximum atomic E-state index is 5.17. The first-order valence-electron chi connectivity index (χ1n) is 4.89. The van der Waals surface area contributed by atoms with Crippen LogP contribution in [0.4, 0.5) is 0 Å². The summed E-state index contributed by atoms with van der Waals surface area (Å²) in [6, 6.07) is 5.89. The topological polar surface area (TPSA) is 54.9 Å². The second kappa shape index (κ2) is 5.33. The van der Waals surface area contributed by atoms with Gasteiger partial charge in [-0.2, -0.15) is 5.10 Å². The summed E-state index contributed by atoms with van der Waals surface area (Å²) in [5.74, 6) is 0.814. The molecular formula is C10H11BrN4OS. The van der Waals surface area contributed by atoms with Crippen molar-refractivity contribution in [1.82, 2.24) is 14.9 Å². The van der Waals surface area contributed by atoms with Crippen molar-refractivity contribution in [3.05, 3.63) is 39.3 Å². The van der Waals surface area contributed by atoms with Gasteiger partial charge >= 0.3 is 0 Å². The third kappa shape index (κ3) is 2.86. The minimum Gasteiger partial charge on any atom is -0.496 e. The molecule has 90 valence electrons. The van der Waals surface area contributed by atoms with Crippen LogP contribution >= 0.6 is 28.1 Å². The van der Waals surface area contributed by atoms with E-state index in [1.165, 1.54) is 0 Å². The molecule has 0 aliphatic heterocycles. The molecule has 0 unspecified atom stereocenters. The quantitative estimate of drug-likeness (QED) is 0.851. The number of nitrogens with zero attached hydrogens (tertiary/aromatic N) is 2. The Bertz CT molecular complexity index is 565. The fraction of sp³-hybridized carbons (Fsp3) is 0.200. The maximum absolute atomic E-state index is 5.17. The molecular weight excluding hydrogens is 304 g/mol. The van der Waals surface area contributed by atoms with Crippen LogP contribution < -0.4 is 10.2 Å². The molecule has 2 rings (SSSR count). The van der Waals surface area contributed by atoms with E-state index in [0.29, 0.717) is 11.3 Å². The van der Waals surface area contributed by atoms with Gasteiger partial charge in [0.05, 0.1) is 18.1 Å². The molecule has 7 heteroatoms. The fourth-order valence-electron chi connectivity index (χ4n) is 1.36. The molecule has 0 fully saturated rings. The van der Waals surface area contributed by atoms with Gasteiger partial charge in [-0.3, -0.25) is 5.10 Å². The first-order chi connectivity index (χ1) is 8.20. The minimum atomic E-state index is 0.539. The Morgan fingerprint density at radius 3 is 3.00 bits per heavy atom. The number of ether oxygens (including phenoxy) is 1. The molecule has 5 nitrogen and oxygen atoms in total. The zero-order chi connectivity index (χ0) is 12.3. The first-order valence-corrected chi connectivity index (χ1v) is 6.09. The Morgan fingerprint density at radius 1 is 1.59 bits per heavy atom. The van der Waals surface area contributed by atoms with E-state index in [9.17, 15) is 0 Å². The van der Waals surface area contributed by atoms with Crippen LogP contribution in [0.3, 0.4) is 0 Å². The Balaban J connectivity index is 2.07. The van der Waals surface area contributed by atoms with E-state index in [2.05, 4.69) is 31.6 Å². The number of nitrogens with one attached hydrogen (secondary N) is 2. The highest BCUT2D eigenvalue weighted by Gasteiger charge is 2.01. The van der Waals surface area contributed by atoms with E-state index < -0.39 is 0 Å². The highest BCUT2D eigenvalue weighted by atomic mass is 79.9. The van der Waals surface area contributed by atoms with Crippen molar-refractivity contribution in [1.29, 1.82) is 0 Å². The predicted octanol–water partition coefficient (Wildman–Crippen LogP) is 2.46. The average Bonchev–Trinajstić information content (AvgIpc) is 2.72. The number of hydrogen-bond acceptors (Lipinski definition) is 4. The summed E-state index contributed by atoms with van der Waals surface area (Å²) in [7, 11) is 1.64. The fourth-order valence-corrected chi connectivity index (χ4v) is 2.11. The molecule has 0 spiro atoms. The van der Waals surface area contributed by atoms with Crippen molar-refractivity contribution in [3.8, 4) is 5.75 Å². The lowest BCUT2D eigenvalue weighted by atomic mass is 10.2. The Kier molecular flexibility index (Phi) is 3.80. The summed E-state index contributed by atoms with van der Waals surface area (Å²) in [6.07, 6.45) is 1.60. The average molecular weight is 315 g/mol. The molecule has 0 amide bonds. The molecule has 2 N–H and O–H groups in total. The molecule has 2 aromatic rings. The number of rotatable bonds is 4. The molecule has 17 heavy (non-hydrogen) atoms. The summed E-state index contributed by atoms with van der Waals surface area (Å²) in [6.45, 7) is 0.649. The number of hydrogen-bond donors (Lipinski definition) is 2. The number of H-pyrrole nitrogens is 1. The van der Waals surface area contributed by atoms with E-state index in [-0.39, 0.29) is 0 Å². The van der Waals surface area contributed by atoms with E-state index in [1.54, 1.807) is 18.1 Å². The van der Waals surface area contributed by atoms with Crippen LogP contribution in [0.15, 0.2) is 29.0 Å². The molecule has 0 bridgehead atoms. The van der Waals surface area contributed by atoms with Gasteiger partial charge in [0, 0.05) is 0 Å². The SMILES string of the molecule is COc1ccc(CNn2cn[nH]c2=S)cc1Br. The Hall–Kier alpha value is -1.34. The maximum Gasteiger partial charge on any atom is 0.214 e. The second-order valence-electron chi connectivity index (χ2n) is 3.34. The van der Waals surface area contributed by atoms with Gasteiger partial charge < -0.3 is 10.2 Å². The van der Waals surface area contributed by atoms with E-state index >= 15 is 0 Å². The van der Waals surface area contributed by atoms with Crippen molar-refractivity contribution in [3.63, 3.8) is 0 Å². The van der Waals surface area contributed by atoms with Crippen molar-refractivity contribution in [2.75, 3.05) is 12.5 Å². The highest BCUT2D eigenvalue weighted by Crippen LogP contribution is 2.25. The largest absolute Gasteiger partial charge is 0.496 e. The standard InChI is InChI=1S/C10H11BrN4OS/c1-16-9-3-2-7(4-8(9)11)5-13-15-6-12-14-10(15)17/h2-4,6,13H,5H2,1H3,(H,14,17). The van der Waals surface area contributed by atoms with Crippen LogP contribution in [0.2, 0.25) is 0 Å². The number of halogens is 1. The van der Waals surface area contributed by atoms with Crippen molar-refractivity contribution in [2.24, 2.45) is 0 Å². The summed E-state index contributed by atoms with van der Waals surface area (Å²) in [5, 5.41) is 6.49. The van der Waals surface area contributed by atoms with Crippen molar-refractivity contribution in [2.45, 2.75) is 6.54 Å². The van der Waals surface area contributed by atoms with Gasteiger partial charge in [-0.05, 0) is 45.8 Å². The second-order valence-corrected chi connectivity index (χ2v) is 4.58. The van der Waals surface area contributed by atoms with Crippen LogP contribution in [0.25, 0.3) is 0 Å². The molecule has 1 aromatic carbocycles. The Labute approximate surface area is 112 Å². The summed E-state index contributed by atoms with van der Waals surface area (Å²) < 4.78 is 8.29. The number of methoxy groups -OCH3 is 1. The summed E-state index contributed by atoms with van der Waals surface area (Å²) >= 11 is 8.46. The Morgan fingerprint density at radius 2 is 2.41 bits per heavy atom. The van der Waals surface area contributed by atoms with Crippen molar-refractivity contribution < 1.29 is 4.74 Å². The third-order valence-corrected chi connectivity index (χ3v) is 3.13. The zero-order valence-corrected chi connectivity index (χ0v) is 11.5. The number of aromatic amines is 1. The van der Waals surface area contributed by atoms with E-state index in [4.69, 9.17) is 17.0 Å². The lowest BCUT2D eigenvalue weighted by molar-refractivity contribution is 0.412. The molecule has 0 saturated carbocycles. The molecule has 0 radical (unpaired) electrons. The van der Waals surface area contributed by atoms with E-state index in [1.807, 2.05) is 18.2 Å². The smallest absolute Gasteiger partial charge is 0.214 e. The van der Waals surface area contributed by atoms with Gasteiger partial charge in [0.1, 0.15) is 12.1 Å². The van der Waals surface area contributed by atoms with Gasteiger partial charge in [0.15, 0.2) is 0 Å². The van der Waals surface area contributed by atoms with Crippen LogP contribution in [0.1, 0.15) is 5.56 Å². The number of benzene rings is 1. The van der Waals surface area contributed by atoms with Gasteiger partial charge in [-0.1, -0.05) is 6.07 Å². The van der Waals surface area contributed by atoms with Gasteiger partial charge in [-0.15, -0.1) is 0 Å². The lowest BCUT2D eigenvalue weighted by Crippen LogP contribution is -2.13. The third-order valence-electron chi connectivity index (χ3n) is 2.22. The molecule has 0 saturated heterocycles. The minimum absolute atomic E-state index is 0.539. The van der Waals surface area contributed by atoms with Crippen LogP contribution in [0, 0.1) is 4.77 Å². The van der Waals surface area contributed by atoms with Crippen LogP contribution in [-0.4, -0.2) is 22.0 Å². The van der Waals surface area contributed by atoms with E-state index in [0.717, 1.165) is 15.8 Å². The highest BCUT2D eigenvalue weighted by molar-refractivity contribution is 9.10. The normalized spacial score (nSPS) is 10.2. The van der Waals surface area contributed by atoms with Crippen LogP contribution in [-0.2, 0) is 6.54 Å². The number of aromatic nitrogens is 3. The zero-order valence-electron chi connectivity index (χ0n) is 9.11.